The van der Waals surface area contributed by atoms with Crippen LogP contribution in [0, 0.1) is 0 Å². The van der Waals surface area contributed by atoms with Crippen LogP contribution in [0.2, 0.25) is 5.02 Å². The van der Waals surface area contributed by atoms with Gasteiger partial charge in [0.15, 0.2) is 9.84 Å². The molecule has 5 heteroatoms. The first kappa shape index (κ1) is 11.9. The summed E-state index contributed by atoms with van der Waals surface area (Å²) in [7, 11) is -3.43. The zero-order valence-electron chi connectivity index (χ0n) is 9.07. The Labute approximate surface area is 100.0 Å². The maximum atomic E-state index is 12.1. The number of fused-ring (bicyclic) bond motifs is 1. The fourth-order valence-corrected chi connectivity index (χ4v) is 4.50. The highest BCUT2D eigenvalue weighted by Gasteiger charge is 2.45. The molecule has 1 N–H and O–H groups in total. The van der Waals surface area contributed by atoms with Gasteiger partial charge in [-0.1, -0.05) is 11.6 Å². The molecule has 3 nitrogen and oxygen atoms in total. The minimum atomic E-state index is -3.43. The van der Waals surface area contributed by atoms with Gasteiger partial charge in [-0.25, -0.2) is 8.42 Å². The second-order valence-electron chi connectivity index (χ2n) is 4.64. The number of hydrogen-bond donors (Lipinski definition) is 1. The summed E-state index contributed by atoms with van der Waals surface area (Å²) in [6.07, 6.45) is 0.321. The summed E-state index contributed by atoms with van der Waals surface area (Å²) in [6, 6.07) is 4.73. The van der Waals surface area contributed by atoms with Crippen LogP contribution < -0.4 is 0 Å². The van der Waals surface area contributed by atoms with Crippen molar-refractivity contribution in [3.05, 3.63) is 28.8 Å². The minimum absolute atomic E-state index is 0.295. The van der Waals surface area contributed by atoms with Gasteiger partial charge < -0.3 is 5.11 Å². The summed E-state index contributed by atoms with van der Waals surface area (Å²) in [4.78, 5) is 0.295. The van der Waals surface area contributed by atoms with Crippen LogP contribution >= 0.6 is 11.6 Å². The summed E-state index contributed by atoms with van der Waals surface area (Å²) in [6.45, 7) is 3.03. The van der Waals surface area contributed by atoms with E-state index in [1.165, 1.54) is 19.9 Å². The van der Waals surface area contributed by atoms with E-state index in [2.05, 4.69) is 0 Å². The van der Waals surface area contributed by atoms with Crippen molar-refractivity contribution in [3.63, 3.8) is 0 Å². The molecule has 88 valence electrons. The summed E-state index contributed by atoms with van der Waals surface area (Å²) in [5.74, 6) is 0. The predicted octanol–water partition coefficient (Wildman–Crippen LogP) is 1.81. The average molecular weight is 261 g/mol. The molecule has 1 aliphatic rings. The van der Waals surface area contributed by atoms with Gasteiger partial charge >= 0.3 is 0 Å². The van der Waals surface area contributed by atoms with Crippen molar-refractivity contribution in [1.82, 2.24) is 0 Å². The number of rotatable bonds is 1. The topological polar surface area (TPSA) is 54.4 Å². The van der Waals surface area contributed by atoms with Gasteiger partial charge in [0.25, 0.3) is 0 Å². The van der Waals surface area contributed by atoms with Crippen LogP contribution in [0.5, 0.6) is 0 Å². The van der Waals surface area contributed by atoms with Crippen molar-refractivity contribution in [2.75, 3.05) is 0 Å². The van der Waals surface area contributed by atoms with Crippen LogP contribution in [0.15, 0.2) is 23.1 Å². The van der Waals surface area contributed by atoms with Gasteiger partial charge in [-0.15, -0.1) is 0 Å². The Bertz CT molecular complexity index is 529. The summed E-state index contributed by atoms with van der Waals surface area (Å²) >= 11 is 5.82. The monoisotopic (exact) mass is 260 g/mol. The molecule has 0 radical (unpaired) electrons. The van der Waals surface area contributed by atoms with Crippen molar-refractivity contribution in [2.45, 2.75) is 36.0 Å². The van der Waals surface area contributed by atoms with Gasteiger partial charge in [0.05, 0.1) is 15.7 Å². The largest absolute Gasteiger partial charge is 0.389 e. The summed E-state index contributed by atoms with van der Waals surface area (Å²) in [5, 5.41) is 9.62. The standard InChI is InChI=1S/C11H13ClO3S/c1-11(2,13)10-6-7-5-8(12)3-4-9(7)16(10,14)15/h3-5,10,13H,6H2,1-2H3. The van der Waals surface area contributed by atoms with E-state index in [9.17, 15) is 13.5 Å². The van der Waals surface area contributed by atoms with E-state index in [4.69, 9.17) is 11.6 Å². The molecule has 1 heterocycles. The fraction of sp³-hybridized carbons (Fsp3) is 0.455. The van der Waals surface area contributed by atoms with E-state index in [0.29, 0.717) is 21.9 Å². The van der Waals surface area contributed by atoms with Gasteiger partial charge in [0.2, 0.25) is 0 Å². The quantitative estimate of drug-likeness (QED) is 0.838. The Morgan fingerprint density at radius 3 is 2.62 bits per heavy atom. The fourth-order valence-electron chi connectivity index (χ4n) is 2.08. The van der Waals surface area contributed by atoms with Crippen LogP contribution in [0.1, 0.15) is 19.4 Å². The highest BCUT2D eigenvalue weighted by Crippen LogP contribution is 2.37. The molecule has 0 aromatic heterocycles. The van der Waals surface area contributed by atoms with E-state index in [1.54, 1.807) is 12.1 Å². The van der Waals surface area contributed by atoms with E-state index < -0.39 is 20.7 Å². The molecule has 0 bridgehead atoms. The van der Waals surface area contributed by atoms with E-state index >= 15 is 0 Å². The van der Waals surface area contributed by atoms with Gasteiger partial charge in [0, 0.05) is 5.02 Å². The van der Waals surface area contributed by atoms with Crippen molar-refractivity contribution < 1.29 is 13.5 Å². The Balaban J connectivity index is 2.59. The number of sulfone groups is 1. The molecule has 0 aliphatic carbocycles. The summed E-state index contributed by atoms with van der Waals surface area (Å²) in [5.41, 5.74) is -0.552. The first-order valence-corrected chi connectivity index (χ1v) is 6.90. The molecule has 1 aliphatic heterocycles. The average Bonchev–Trinajstić information content (AvgIpc) is 2.36. The molecule has 2 rings (SSSR count). The first-order chi connectivity index (χ1) is 7.23. The number of hydrogen-bond acceptors (Lipinski definition) is 3. The van der Waals surface area contributed by atoms with Crippen LogP contribution in [-0.2, 0) is 16.3 Å². The molecule has 0 amide bonds. The lowest BCUT2D eigenvalue weighted by Gasteiger charge is -2.24. The van der Waals surface area contributed by atoms with Gasteiger partial charge in [-0.3, -0.25) is 0 Å². The molecule has 1 atom stereocenters. The maximum absolute atomic E-state index is 12.1. The molecule has 0 saturated carbocycles. The second-order valence-corrected chi connectivity index (χ2v) is 7.18. The predicted molar refractivity (Wildman–Crippen MR) is 62.4 cm³/mol. The van der Waals surface area contributed by atoms with Crippen molar-refractivity contribution in [2.24, 2.45) is 0 Å². The maximum Gasteiger partial charge on any atom is 0.184 e. The smallest absolute Gasteiger partial charge is 0.184 e. The third-order valence-electron chi connectivity index (χ3n) is 2.90. The third-order valence-corrected chi connectivity index (χ3v) is 5.64. The second kappa shape index (κ2) is 3.45. The number of benzene rings is 1. The van der Waals surface area contributed by atoms with E-state index in [0.717, 1.165) is 0 Å². The minimum Gasteiger partial charge on any atom is -0.389 e. The Hall–Kier alpha value is -0.580. The Kier molecular flexibility index (Phi) is 2.57. The highest BCUT2D eigenvalue weighted by molar-refractivity contribution is 7.92. The van der Waals surface area contributed by atoms with E-state index in [1.807, 2.05) is 0 Å². The zero-order valence-corrected chi connectivity index (χ0v) is 10.6. The summed E-state index contributed by atoms with van der Waals surface area (Å²) < 4.78 is 24.3. The molecule has 0 fully saturated rings. The third kappa shape index (κ3) is 1.75. The van der Waals surface area contributed by atoms with Crippen LogP contribution in [0.4, 0.5) is 0 Å². The van der Waals surface area contributed by atoms with Gasteiger partial charge in [0.1, 0.15) is 0 Å². The molecular weight excluding hydrogens is 248 g/mol. The van der Waals surface area contributed by atoms with Crippen molar-refractivity contribution in [1.29, 1.82) is 0 Å². The zero-order chi connectivity index (χ0) is 12.1. The lowest BCUT2D eigenvalue weighted by Crippen LogP contribution is -2.40. The first-order valence-electron chi connectivity index (χ1n) is 4.97. The lowest BCUT2D eigenvalue weighted by atomic mass is 9.99. The molecule has 16 heavy (non-hydrogen) atoms. The SMILES string of the molecule is CC(C)(O)C1Cc2cc(Cl)ccc2S1(=O)=O. The van der Waals surface area contributed by atoms with E-state index in [-0.39, 0.29) is 0 Å². The van der Waals surface area contributed by atoms with Gasteiger partial charge in [-0.05, 0) is 44.0 Å². The normalized spacial score (nSPS) is 23.1. The van der Waals surface area contributed by atoms with Crippen LogP contribution in [-0.4, -0.2) is 24.4 Å². The molecule has 0 spiro atoms. The van der Waals surface area contributed by atoms with Crippen LogP contribution in [0.3, 0.4) is 0 Å². The van der Waals surface area contributed by atoms with Gasteiger partial charge in [-0.2, -0.15) is 0 Å². The molecular formula is C11H13ClO3S. The van der Waals surface area contributed by atoms with Crippen molar-refractivity contribution in [3.8, 4) is 0 Å². The van der Waals surface area contributed by atoms with Crippen LogP contribution in [0.25, 0.3) is 0 Å². The number of halogens is 1. The Morgan fingerprint density at radius 1 is 1.44 bits per heavy atom. The molecule has 1 aromatic carbocycles. The van der Waals surface area contributed by atoms with Crippen molar-refractivity contribution >= 4 is 21.4 Å². The highest BCUT2D eigenvalue weighted by atomic mass is 35.5. The molecule has 1 aromatic rings. The molecule has 1 unspecified atom stereocenters. The molecule has 0 saturated heterocycles. The number of aliphatic hydroxyl groups is 1. The Morgan fingerprint density at radius 2 is 2.06 bits per heavy atom. The lowest BCUT2D eigenvalue weighted by molar-refractivity contribution is 0.0761.